The number of carbonyl (C=O) groups excluding carboxylic acids is 1. The molecule has 0 radical (unpaired) electrons. The molecule has 7 nitrogen and oxygen atoms in total. The van der Waals surface area contributed by atoms with Gasteiger partial charge in [-0.15, -0.1) is 0 Å². The van der Waals surface area contributed by atoms with Gasteiger partial charge in [-0.1, -0.05) is 13.8 Å². The van der Waals surface area contributed by atoms with Crippen LogP contribution >= 0.6 is 0 Å². The quantitative estimate of drug-likeness (QED) is 0.814. The predicted octanol–water partition coefficient (Wildman–Crippen LogP) is 1.67. The number of carbonyl (C=O) groups is 1. The Morgan fingerprint density at radius 2 is 1.85 bits per heavy atom. The van der Waals surface area contributed by atoms with Crippen molar-refractivity contribution in [1.29, 1.82) is 0 Å². The third kappa shape index (κ3) is 2.42. The molecule has 2 N–H and O–H groups in total. The minimum atomic E-state index is -0.511. The van der Waals surface area contributed by atoms with Gasteiger partial charge >= 0.3 is 5.69 Å². The summed E-state index contributed by atoms with van der Waals surface area (Å²) in [6.45, 7) is 4.09. The summed E-state index contributed by atoms with van der Waals surface area (Å²) in [5, 5.41) is 3.22. The summed E-state index contributed by atoms with van der Waals surface area (Å²) in [6.07, 6.45) is 4.39. The van der Waals surface area contributed by atoms with Gasteiger partial charge < -0.3 is 5.32 Å². The lowest BCUT2D eigenvalue weighted by Crippen LogP contribution is -2.41. The summed E-state index contributed by atoms with van der Waals surface area (Å²) in [5.74, 6) is -0.0299. The molecule has 0 fully saturated rings. The number of aromatic amines is 1. The maximum atomic E-state index is 13.0. The Kier molecular flexibility index (Phi) is 3.50. The maximum Gasteiger partial charge on any atom is 0.329 e. The molecule has 3 heterocycles. The van der Waals surface area contributed by atoms with Gasteiger partial charge in [0.05, 0.1) is 5.56 Å². The number of hydrogen-bond donors (Lipinski definition) is 2. The van der Waals surface area contributed by atoms with Crippen molar-refractivity contribution in [1.82, 2.24) is 14.5 Å². The van der Waals surface area contributed by atoms with Gasteiger partial charge in [0.25, 0.3) is 5.56 Å². The standard InChI is InChI=1S/C19H20N4O3/c1-19(2)8-11-14(12(24)9-19)13(10-4-6-20-7-5-10)15-16(21-11)23(3)18(26)22-17(15)25/h4-7,13,21H,8-9H2,1-3H3,(H,22,25,26). The molecule has 1 aliphatic heterocycles. The molecule has 1 atom stereocenters. The van der Waals surface area contributed by atoms with Crippen LogP contribution in [-0.2, 0) is 11.8 Å². The number of anilines is 1. The summed E-state index contributed by atoms with van der Waals surface area (Å²) in [7, 11) is 1.61. The highest BCUT2D eigenvalue weighted by Gasteiger charge is 2.42. The van der Waals surface area contributed by atoms with Crippen LogP contribution in [0.25, 0.3) is 0 Å². The Hall–Kier alpha value is -2.96. The van der Waals surface area contributed by atoms with Crippen molar-refractivity contribution < 1.29 is 4.79 Å². The Morgan fingerprint density at radius 3 is 2.54 bits per heavy atom. The van der Waals surface area contributed by atoms with Gasteiger partial charge in [-0.3, -0.25) is 24.1 Å². The summed E-state index contributed by atoms with van der Waals surface area (Å²) < 4.78 is 1.39. The van der Waals surface area contributed by atoms with E-state index >= 15 is 0 Å². The Balaban J connectivity index is 2.05. The average molecular weight is 352 g/mol. The Morgan fingerprint density at radius 1 is 1.15 bits per heavy atom. The molecule has 0 bridgehead atoms. The van der Waals surface area contributed by atoms with E-state index in [1.165, 1.54) is 4.57 Å². The first-order valence-corrected chi connectivity index (χ1v) is 8.55. The number of aromatic nitrogens is 3. The normalized spacial score (nSPS) is 21.0. The van der Waals surface area contributed by atoms with Crippen molar-refractivity contribution in [2.45, 2.75) is 32.6 Å². The minimum absolute atomic E-state index is 0.0319. The van der Waals surface area contributed by atoms with Crippen LogP contribution < -0.4 is 16.6 Å². The smallest absolute Gasteiger partial charge is 0.329 e. The number of Topliss-reactive ketones (excluding diaryl/α,β-unsaturated/α-hetero) is 1. The second kappa shape index (κ2) is 5.52. The topological polar surface area (TPSA) is 96.8 Å². The first-order chi connectivity index (χ1) is 12.3. The molecular formula is C19H20N4O3. The van der Waals surface area contributed by atoms with E-state index in [0.717, 1.165) is 11.3 Å². The van der Waals surface area contributed by atoms with Crippen LogP contribution in [0.1, 0.15) is 43.7 Å². The second-order valence-electron chi connectivity index (χ2n) is 7.75. The summed E-state index contributed by atoms with van der Waals surface area (Å²) in [4.78, 5) is 44.2. The number of nitrogens with one attached hydrogen (secondary N) is 2. The van der Waals surface area contributed by atoms with Crippen LogP contribution in [0.3, 0.4) is 0 Å². The number of H-pyrrole nitrogens is 1. The van der Waals surface area contributed by atoms with Crippen molar-refractivity contribution >= 4 is 11.6 Å². The molecule has 2 aromatic rings. The van der Waals surface area contributed by atoms with E-state index in [2.05, 4.69) is 15.3 Å². The number of allylic oxidation sites excluding steroid dienone is 2. The molecule has 2 aromatic heterocycles. The monoisotopic (exact) mass is 352 g/mol. The fraction of sp³-hybridized carbons (Fsp3) is 0.368. The number of fused-ring (bicyclic) bond motifs is 1. The van der Waals surface area contributed by atoms with Crippen molar-refractivity contribution in [2.75, 3.05) is 5.32 Å². The van der Waals surface area contributed by atoms with Crippen LogP contribution in [0.4, 0.5) is 5.82 Å². The number of pyridine rings is 1. The summed E-state index contributed by atoms with van der Waals surface area (Å²) in [5.41, 5.74) is 1.48. The molecular weight excluding hydrogens is 332 g/mol. The van der Waals surface area contributed by atoms with Gasteiger partial charge in [0.15, 0.2) is 5.78 Å². The van der Waals surface area contributed by atoms with E-state index in [1.807, 2.05) is 26.0 Å². The zero-order chi connectivity index (χ0) is 18.6. The van der Waals surface area contributed by atoms with E-state index in [1.54, 1.807) is 19.4 Å². The van der Waals surface area contributed by atoms with E-state index in [4.69, 9.17) is 0 Å². The molecule has 0 aromatic carbocycles. The van der Waals surface area contributed by atoms with Crippen LogP contribution in [0.2, 0.25) is 0 Å². The predicted molar refractivity (Wildman–Crippen MR) is 97.1 cm³/mol. The zero-order valence-electron chi connectivity index (χ0n) is 14.9. The number of rotatable bonds is 1. The van der Waals surface area contributed by atoms with E-state index in [0.29, 0.717) is 29.8 Å². The lowest BCUT2D eigenvalue weighted by Gasteiger charge is -2.39. The van der Waals surface area contributed by atoms with E-state index in [9.17, 15) is 14.4 Å². The number of ketones is 1. The zero-order valence-corrected chi connectivity index (χ0v) is 14.9. The van der Waals surface area contributed by atoms with Crippen molar-refractivity contribution in [3.63, 3.8) is 0 Å². The highest BCUT2D eigenvalue weighted by Crippen LogP contribution is 2.47. The highest BCUT2D eigenvalue weighted by atomic mass is 16.2. The molecule has 0 spiro atoms. The van der Waals surface area contributed by atoms with Gasteiger partial charge in [0.2, 0.25) is 0 Å². The fourth-order valence-corrected chi connectivity index (χ4v) is 4.01. The van der Waals surface area contributed by atoms with Gasteiger partial charge in [-0.2, -0.15) is 0 Å². The summed E-state index contributed by atoms with van der Waals surface area (Å²) in [6, 6.07) is 3.62. The maximum absolute atomic E-state index is 13.0. The van der Waals surface area contributed by atoms with Crippen LogP contribution in [-0.4, -0.2) is 20.3 Å². The van der Waals surface area contributed by atoms with Crippen molar-refractivity contribution in [3.8, 4) is 0 Å². The van der Waals surface area contributed by atoms with Gasteiger partial charge in [-0.05, 0) is 29.5 Å². The highest BCUT2D eigenvalue weighted by molar-refractivity contribution is 6.01. The van der Waals surface area contributed by atoms with Crippen LogP contribution in [0.15, 0.2) is 45.4 Å². The molecule has 4 rings (SSSR count). The number of nitrogens with zero attached hydrogens (tertiary/aromatic N) is 2. The van der Waals surface area contributed by atoms with Crippen LogP contribution in [0.5, 0.6) is 0 Å². The summed E-state index contributed by atoms with van der Waals surface area (Å²) >= 11 is 0. The Labute approximate surface area is 149 Å². The van der Waals surface area contributed by atoms with Gasteiger partial charge in [-0.25, -0.2) is 4.79 Å². The second-order valence-corrected chi connectivity index (χ2v) is 7.75. The van der Waals surface area contributed by atoms with E-state index < -0.39 is 17.2 Å². The largest absolute Gasteiger partial charge is 0.344 e. The Bertz CT molecular complexity index is 1060. The third-order valence-electron chi connectivity index (χ3n) is 5.17. The molecule has 0 saturated carbocycles. The molecule has 7 heteroatoms. The molecule has 0 amide bonds. The molecule has 26 heavy (non-hydrogen) atoms. The first kappa shape index (κ1) is 16.5. The molecule has 1 aliphatic carbocycles. The molecule has 134 valence electrons. The number of hydrogen-bond acceptors (Lipinski definition) is 5. The average Bonchev–Trinajstić information content (AvgIpc) is 2.57. The third-order valence-corrected chi connectivity index (χ3v) is 5.17. The lowest BCUT2D eigenvalue weighted by atomic mass is 9.69. The lowest BCUT2D eigenvalue weighted by molar-refractivity contribution is -0.118. The molecule has 0 saturated heterocycles. The first-order valence-electron chi connectivity index (χ1n) is 8.55. The van der Waals surface area contributed by atoms with Crippen molar-refractivity contribution in [2.24, 2.45) is 12.5 Å². The van der Waals surface area contributed by atoms with Gasteiger partial charge in [0, 0.05) is 43.1 Å². The molecule has 1 unspecified atom stereocenters. The molecule has 2 aliphatic rings. The van der Waals surface area contributed by atoms with E-state index in [-0.39, 0.29) is 11.2 Å². The minimum Gasteiger partial charge on any atom is -0.344 e. The van der Waals surface area contributed by atoms with Gasteiger partial charge in [0.1, 0.15) is 5.82 Å². The fourth-order valence-electron chi connectivity index (χ4n) is 4.01. The van der Waals surface area contributed by atoms with Crippen LogP contribution in [0, 0.1) is 5.41 Å². The SMILES string of the molecule is Cn1c2c(c(=O)[nH]c1=O)C(c1ccncc1)C1=C(CC(C)(C)CC1=O)N2. The van der Waals surface area contributed by atoms with Crippen molar-refractivity contribution in [3.05, 3.63) is 67.8 Å².